The summed E-state index contributed by atoms with van der Waals surface area (Å²) >= 11 is 0. The molecule has 8 nitrogen and oxygen atoms in total. The molecule has 0 fully saturated rings. The average molecular weight is 431 g/mol. The second kappa shape index (κ2) is 7.30. The van der Waals surface area contributed by atoms with Crippen LogP contribution in [0.4, 0.5) is 10.5 Å². The van der Waals surface area contributed by atoms with Crippen molar-refractivity contribution >= 4 is 21.7 Å². The van der Waals surface area contributed by atoms with Gasteiger partial charge in [0.2, 0.25) is 5.03 Å². The number of fused-ring (bicyclic) bond motifs is 3. The number of aryl methyl sites for hydroxylation is 3. The number of amides is 2. The van der Waals surface area contributed by atoms with E-state index in [0.717, 1.165) is 67.5 Å². The second-order valence-electron chi connectivity index (χ2n) is 8.14. The summed E-state index contributed by atoms with van der Waals surface area (Å²) in [6, 6.07) is 1.52. The number of rotatable bonds is 4. The fraction of sp³-hybridized carbons (Fsp3) is 0.524. The van der Waals surface area contributed by atoms with Crippen LogP contribution in [0, 0.1) is 0 Å². The number of hydrogen-bond donors (Lipinski definition) is 2. The van der Waals surface area contributed by atoms with E-state index >= 15 is 0 Å². The first-order valence-corrected chi connectivity index (χ1v) is 12.2. The van der Waals surface area contributed by atoms with E-state index < -0.39 is 16.1 Å². The quantitative estimate of drug-likeness (QED) is 0.777. The first-order valence-electron chi connectivity index (χ1n) is 10.7. The van der Waals surface area contributed by atoms with E-state index in [1.165, 1.54) is 11.1 Å². The van der Waals surface area contributed by atoms with E-state index in [1.807, 2.05) is 6.92 Å². The summed E-state index contributed by atoms with van der Waals surface area (Å²) in [7, 11) is -4.16. The van der Waals surface area contributed by atoms with Gasteiger partial charge in [-0.2, -0.15) is 13.5 Å². The topological polar surface area (TPSA) is 102 Å². The fourth-order valence-electron chi connectivity index (χ4n) is 4.97. The molecule has 160 valence electrons. The lowest BCUT2D eigenvalue weighted by Gasteiger charge is -2.17. The van der Waals surface area contributed by atoms with Crippen LogP contribution in [0.2, 0.25) is 0 Å². The van der Waals surface area contributed by atoms with Gasteiger partial charge in [0, 0.05) is 12.2 Å². The summed E-state index contributed by atoms with van der Waals surface area (Å²) in [5.74, 6) is 0.268. The fourth-order valence-corrected chi connectivity index (χ4v) is 5.99. The Hall–Kier alpha value is -2.55. The molecule has 2 heterocycles. The van der Waals surface area contributed by atoms with Crippen molar-refractivity contribution in [3.05, 3.63) is 34.0 Å². The van der Waals surface area contributed by atoms with Gasteiger partial charge in [-0.25, -0.2) is 9.52 Å². The molecular formula is C21H26N4O4S. The third kappa shape index (κ3) is 3.15. The molecule has 0 saturated heterocycles. The maximum absolute atomic E-state index is 13.0. The highest BCUT2D eigenvalue weighted by Gasteiger charge is 2.32. The largest absolute Gasteiger partial charge is 0.489 e. The van der Waals surface area contributed by atoms with Crippen molar-refractivity contribution in [2.75, 3.05) is 11.9 Å². The van der Waals surface area contributed by atoms with E-state index in [-0.39, 0.29) is 10.8 Å². The molecule has 0 atom stereocenters. The summed E-state index contributed by atoms with van der Waals surface area (Å²) < 4.78 is 35.4. The van der Waals surface area contributed by atoms with Crippen molar-refractivity contribution < 1.29 is 17.9 Å². The molecule has 30 heavy (non-hydrogen) atoms. The molecule has 0 spiro atoms. The van der Waals surface area contributed by atoms with Gasteiger partial charge in [0.05, 0.1) is 12.3 Å². The lowest BCUT2D eigenvalue weighted by Crippen LogP contribution is -2.35. The summed E-state index contributed by atoms with van der Waals surface area (Å²) in [6.07, 6.45) is 7.48. The summed E-state index contributed by atoms with van der Waals surface area (Å²) in [5, 5.41) is 6.87. The van der Waals surface area contributed by atoms with Crippen LogP contribution in [0.5, 0.6) is 5.75 Å². The Labute approximate surface area is 176 Å². The van der Waals surface area contributed by atoms with Crippen LogP contribution in [0.1, 0.15) is 54.1 Å². The molecule has 0 saturated carbocycles. The van der Waals surface area contributed by atoms with Crippen molar-refractivity contribution in [3.8, 4) is 5.75 Å². The number of sulfonamides is 1. The van der Waals surface area contributed by atoms with Crippen molar-refractivity contribution in [3.63, 3.8) is 0 Å². The molecule has 0 radical (unpaired) electrons. The third-order valence-electron chi connectivity index (χ3n) is 6.28. The van der Waals surface area contributed by atoms with E-state index in [2.05, 4.69) is 21.2 Å². The van der Waals surface area contributed by atoms with Crippen LogP contribution >= 0.6 is 0 Å². The molecule has 5 rings (SSSR count). The Kier molecular flexibility index (Phi) is 4.72. The lowest BCUT2D eigenvalue weighted by molar-refractivity contribution is 0.256. The maximum atomic E-state index is 13.0. The number of hydrogen-bond acceptors (Lipinski definition) is 5. The standard InChI is InChI=1S/C21H26N4O4S/c1-2-25-17-10-5-11-29-19(17)20(23-25)30(27,28)24-21(26)22-18-15-8-3-6-13(15)12-14-7-4-9-16(14)18/h12H,2-11H2,1H3,(H2,22,24,26). The zero-order chi connectivity index (χ0) is 20.9. The number of ether oxygens (including phenoxy) is 1. The zero-order valence-corrected chi connectivity index (χ0v) is 17.9. The number of nitrogens with zero attached hydrogens (tertiary/aromatic N) is 2. The minimum atomic E-state index is -4.16. The van der Waals surface area contributed by atoms with Crippen molar-refractivity contribution in [1.29, 1.82) is 0 Å². The summed E-state index contributed by atoms with van der Waals surface area (Å²) in [6.45, 7) is 2.88. The minimum absolute atomic E-state index is 0.210. The SMILES string of the molecule is CCn1nc(S(=O)(=O)NC(=O)Nc2c3c(cc4c2CCC4)CCC3)c2c1CCCO2. The van der Waals surface area contributed by atoms with Gasteiger partial charge in [-0.1, -0.05) is 6.07 Å². The van der Waals surface area contributed by atoms with Crippen LogP contribution in [-0.2, 0) is 48.7 Å². The Morgan fingerprint density at radius 1 is 1.10 bits per heavy atom. The van der Waals surface area contributed by atoms with E-state index in [9.17, 15) is 13.2 Å². The van der Waals surface area contributed by atoms with Crippen molar-refractivity contribution in [2.45, 2.75) is 69.9 Å². The van der Waals surface area contributed by atoms with Crippen molar-refractivity contribution in [2.24, 2.45) is 0 Å². The number of carbonyl (C=O) groups is 1. The molecule has 2 aliphatic carbocycles. The van der Waals surface area contributed by atoms with Crippen LogP contribution in [-0.4, -0.2) is 30.8 Å². The molecule has 3 aliphatic rings. The van der Waals surface area contributed by atoms with E-state index in [0.29, 0.717) is 19.6 Å². The van der Waals surface area contributed by atoms with Crippen LogP contribution in [0.15, 0.2) is 11.1 Å². The van der Waals surface area contributed by atoms with Crippen LogP contribution in [0.25, 0.3) is 0 Å². The lowest BCUT2D eigenvalue weighted by atomic mass is 9.99. The normalized spacial score (nSPS) is 17.1. The van der Waals surface area contributed by atoms with Gasteiger partial charge < -0.3 is 10.1 Å². The van der Waals surface area contributed by atoms with Gasteiger partial charge in [0.1, 0.15) is 0 Å². The molecule has 1 aliphatic heterocycles. The Morgan fingerprint density at radius 3 is 2.47 bits per heavy atom. The number of urea groups is 1. The van der Waals surface area contributed by atoms with Crippen LogP contribution in [0.3, 0.4) is 0 Å². The van der Waals surface area contributed by atoms with Crippen molar-refractivity contribution in [1.82, 2.24) is 14.5 Å². The van der Waals surface area contributed by atoms with E-state index in [4.69, 9.17) is 4.74 Å². The Bertz CT molecular complexity index is 1100. The second-order valence-corrected chi connectivity index (χ2v) is 9.74. The van der Waals surface area contributed by atoms with Gasteiger partial charge in [0.15, 0.2) is 5.75 Å². The molecule has 2 amide bonds. The van der Waals surface area contributed by atoms with Gasteiger partial charge in [-0.3, -0.25) is 4.68 Å². The molecular weight excluding hydrogens is 404 g/mol. The van der Waals surface area contributed by atoms with Gasteiger partial charge in [-0.15, -0.1) is 0 Å². The smallest absolute Gasteiger partial charge is 0.333 e. The third-order valence-corrected chi connectivity index (χ3v) is 7.51. The highest BCUT2D eigenvalue weighted by Crippen LogP contribution is 2.38. The Balaban J connectivity index is 1.43. The van der Waals surface area contributed by atoms with E-state index in [1.54, 1.807) is 4.68 Å². The first kappa shape index (κ1) is 19.4. The number of benzene rings is 1. The number of anilines is 1. The number of aromatic nitrogens is 2. The predicted molar refractivity (Wildman–Crippen MR) is 112 cm³/mol. The molecule has 2 N–H and O–H groups in total. The molecule has 1 aromatic heterocycles. The highest BCUT2D eigenvalue weighted by atomic mass is 32.2. The maximum Gasteiger partial charge on any atom is 0.333 e. The number of nitrogens with one attached hydrogen (secondary N) is 2. The summed E-state index contributed by atoms with van der Waals surface area (Å²) in [4.78, 5) is 12.8. The molecule has 9 heteroatoms. The summed E-state index contributed by atoms with van der Waals surface area (Å²) in [5.41, 5.74) is 6.43. The first-order chi connectivity index (χ1) is 14.5. The highest BCUT2D eigenvalue weighted by molar-refractivity contribution is 7.90. The Morgan fingerprint density at radius 2 is 1.80 bits per heavy atom. The molecule has 2 aromatic rings. The molecule has 0 unspecified atom stereocenters. The van der Waals surface area contributed by atoms with Gasteiger partial charge in [0.25, 0.3) is 10.0 Å². The number of carbonyl (C=O) groups excluding carboxylic acids is 1. The monoisotopic (exact) mass is 430 g/mol. The van der Waals surface area contributed by atoms with Gasteiger partial charge in [-0.05, 0) is 80.5 Å². The zero-order valence-electron chi connectivity index (χ0n) is 17.1. The van der Waals surface area contributed by atoms with Gasteiger partial charge >= 0.3 is 6.03 Å². The molecule has 1 aromatic carbocycles. The molecule has 0 bridgehead atoms. The predicted octanol–water partition coefficient (Wildman–Crippen LogP) is 2.72. The van der Waals surface area contributed by atoms with Crippen LogP contribution < -0.4 is 14.8 Å². The average Bonchev–Trinajstić information content (AvgIpc) is 3.45. The minimum Gasteiger partial charge on any atom is -0.489 e.